The molecule has 0 saturated carbocycles. The van der Waals surface area contributed by atoms with Crippen molar-refractivity contribution in [2.75, 3.05) is 19.7 Å². The Bertz CT molecular complexity index is 115. The molecule has 0 bridgehead atoms. The van der Waals surface area contributed by atoms with Gasteiger partial charge in [-0.05, 0) is 19.4 Å². The van der Waals surface area contributed by atoms with Crippen LogP contribution in [0.1, 0.15) is 33.1 Å². The van der Waals surface area contributed by atoms with Crippen LogP contribution in [-0.4, -0.2) is 25.8 Å². The standard InChI is InChI=1S/C11H23NO/c1-4-7-9-13-11(8-5-2)10-12-6-3/h4,11-12H,1,5-10H2,2-3H3. The minimum Gasteiger partial charge on any atom is -0.377 e. The molecule has 0 spiro atoms. The van der Waals surface area contributed by atoms with Gasteiger partial charge in [-0.25, -0.2) is 0 Å². The van der Waals surface area contributed by atoms with Crippen LogP contribution in [0, 0.1) is 0 Å². The highest BCUT2D eigenvalue weighted by Gasteiger charge is 2.05. The molecule has 2 nitrogen and oxygen atoms in total. The van der Waals surface area contributed by atoms with E-state index in [9.17, 15) is 0 Å². The summed E-state index contributed by atoms with van der Waals surface area (Å²) in [6.45, 7) is 10.8. The number of nitrogens with one attached hydrogen (secondary N) is 1. The Labute approximate surface area is 82.4 Å². The zero-order chi connectivity index (χ0) is 9.94. The Morgan fingerprint density at radius 1 is 1.46 bits per heavy atom. The first-order valence-corrected chi connectivity index (χ1v) is 5.28. The molecule has 13 heavy (non-hydrogen) atoms. The molecule has 0 rings (SSSR count). The van der Waals surface area contributed by atoms with Gasteiger partial charge in [0.25, 0.3) is 0 Å². The van der Waals surface area contributed by atoms with Crippen LogP contribution in [0.3, 0.4) is 0 Å². The maximum absolute atomic E-state index is 5.69. The third kappa shape index (κ3) is 8.00. The van der Waals surface area contributed by atoms with Crippen molar-refractivity contribution in [1.82, 2.24) is 5.32 Å². The van der Waals surface area contributed by atoms with E-state index in [0.717, 1.165) is 32.5 Å². The molecule has 0 aromatic rings. The number of hydrogen-bond acceptors (Lipinski definition) is 2. The highest BCUT2D eigenvalue weighted by Crippen LogP contribution is 2.01. The van der Waals surface area contributed by atoms with Gasteiger partial charge in [0.2, 0.25) is 0 Å². The molecule has 1 unspecified atom stereocenters. The number of ether oxygens (including phenoxy) is 1. The zero-order valence-electron chi connectivity index (χ0n) is 9.01. The van der Waals surface area contributed by atoms with Crippen molar-refractivity contribution in [3.8, 4) is 0 Å². The van der Waals surface area contributed by atoms with Gasteiger partial charge in [-0.15, -0.1) is 6.58 Å². The van der Waals surface area contributed by atoms with Crippen LogP contribution in [0.5, 0.6) is 0 Å². The lowest BCUT2D eigenvalue weighted by Gasteiger charge is -2.16. The molecule has 0 aromatic heterocycles. The molecule has 2 heteroatoms. The van der Waals surface area contributed by atoms with Gasteiger partial charge in [0.1, 0.15) is 0 Å². The van der Waals surface area contributed by atoms with Crippen LogP contribution >= 0.6 is 0 Å². The van der Waals surface area contributed by atoms with E-state index < -0.39 is 0 Å². The minimum atomic E-state index is 0.380. The second-order valence-corrected chi connectivity index (χ2v) is 3.17. The van der Waals surface area contributed by atoms with Gasteiger partial charge in [0, 0.05) is 6.54 Å². The molecule has 0 fully saturated rings. The van der Waals surface area contributed by atoms with Gasteiger partial charge in [-0.1, -0.05) is 26.3 Å². The van der Waals surface area contributed by atoms with Crippen molar-refractivity contribution < 1.29 is 4.74 Å². The summed E-state index contributed by atoms with van der Waals surface area (Å²) < 4.78 is 5.69. The van der Waals surface area contributed by atoms with E-state index in [-0.39, 0.29) is 0 Å². The van der Waals surface area contributed by atoms with Crippen LogP contribution < -0.4 is 5.32 Å². The van der Waals surface area contributed by atoms with Crippen molar-refractivity contribution in [3.63, 3.8) is 0 Å². The summed E-state index contributed by atoms with van der Waals surface area (Å²) in [4.78, 5) is 0. The molecule has 0 amide bonds. The summed E-state index contributed by atoms with van der Waals surface area (Å²) in [5.41, 5.74) is 0. The lowest BCUT2D eigenvalue weighted by molar-refractivity contribution is 0.0505. The smallest absolute Gasteiger partial charge is 0.0699 e. The summed E-state index contributed by atoms with van der Waals surface area (Å²) in [5.74, 6) is 0. The van der Waals surface area contributed by atoms with E-state index in [1.54, 1.807) is 0 Å². The molecule has 0 aliphatic heterocycles. The highest BCUT2D eigenvalue weighted by molar-refractivity contribution is 4.67. The fourth-order valence-corrected chi connectivity index (χ4v) is 1.19. The maximum atomic E-state index is 5.69. The van der Waals surface area contributed by atoms with Crippen LogP contribution in [-0.2, 0) is 4.74 Å². The molecule has 0 aliphatic carbocycles. The summed E-state index contributed by atoms with van der Waals surface area (Å²) in [5, 5.41) is 3.31. The van der Waals surface area contributed by atoms with E-state index >= 15 is 0 Å². The van der Waals surface area contributed by atoms with E-state index in [1.807, 2.05) is 6.08 Å². The molecular weight excluding hydrogens is 162 g/mol. The van der Waals surface area contributed by atoms with Crippen molar-refractivity contribution >= 4 is 0 Å². The molecule has 0 aromatic carbocycles. The Hall–Kier alpha value is -0.340. The quantitative estimate of drug-likeness (QED) is 0.440. The summed E-state index contributed by atoms with van der Waals surface area (Å²) in [6, 6.07) is 0. The summed E-state index contributed by atoms with van der Waals surface area (Å²) in [6.07, 6.45) is 5.56. The molecule has 1 N–H and O–H groups in total. The largest absolute Gasteiger partial charge is 0.377 e. The van der Waals surface area contributed by atoms with Crippen molar-refractivity contribution in [2.45, 2.75) is 39.2 Å². The van der Waals surface area contributed by atoms with Gasteiger partial charge in [-0.3, -0.25) is 0 Å². The molecule has 0 radical (unpaired) electrons. The lowest BCUT2D eigenvalue weighted by atomic mass is 10.2. The first-order valence-electron chi connectivity index (χ1n) is 5.28. The first kappa shape index (κ1) is 12.7. The van der Waals surface area contributed by atoms with Crippen LogP contribution in [0.15, 0.2) is 12.7 Å². The Kier molecular flexibility index (Phi) is 9.49. The molecule has 1 atom stereocenters. The molecule has 0 heterocycles. The van der Waals surface area contributed by atoms with Gasteiger partial charge in [0.15, 0.2) is 0 Å². The third-order valence-corrected chi connectivity index (χ3v) is 1.91. The predicted molar refractivity (Wildman–Crippen MR) is 58.0 cm³/mol. The van der Waals surface area contributed by atoms with Gasteiger partial charge < -0.3 is 10.1 Å². The van der Waals surface area contributed by atoms with Crippen molar-refractivity contribution in [3.05, 3.63) is 12.7 Å². The van der Waals surface area contributed by atoms with E-state index in [2.05, 4.69) is 25.7 Å². The summed E-state index contributed by atoms with van der Waals surface area (Å²) >= 11 is 0. The number of rotatable bonds is 9. The zero-order valence-corrected chi connectivity index (χ0v) is 9.01. The topological polar surface area (TPSA) is 21.3 Å². The van der Waals surface area contributed by atoms with Gasteiger partial charge in [0.05, 0.1) is 12.7 Å². The minimum absolute atomic E-state index is 0.380. The Morgan fingerprint density at radius 3 is 2.77 bits per heavy atom. The Morgan fingerprint density at radius 2 is 2.23 bits per heavy atom. The van der Waals surface area contributed by atoms with E-state index in [0.29, 0.717) is 6.10 Å². The average molecular weight is 185 g/mol. The molecule has 0 saturated heterocycles. The van der Waals surface area contributed by atoms with E-state index in [1.165, 1.54) is 6.42 Å². The second-order valence-electron chi connectivity index (χ2n) is 3.17. The van der Waals surface area contributed by atoms with Gasteiger partial charge >= 0.3 is 0 Å². The van der Waals surface area contributed by atoms with Crippen LogP contribution in [0.25, 0.3) is 0 Å². The van der Waals surface area contributed by atoms with Crippen LogP contribution in [0.2, 0.25) is 0 Å². The third-order valence-electron chi connectivity index (χ3n) is 1.91. The monoisotopic (exact) mass is 185 g/mol. The summed E-state index contributed by atoms with van der Waals surface area (Å²) in [7, 11) is 0. The Balaban J connectivity index is 3.46. The lowest BCUT2D eigenvalue weighted by Crippen LogP contribution is -2.29. The molecule has 78 valence electrons. The molecule has 0 aliphatic rings. The fourth-order valence-electron chi connectivity index (χ4n) is 1.19. The number of likely N-dealkylation sites (N-methyl/N-ethyl adjacent to an activating group) is 1. The highest BCUT2D eigenvalue weighted by atomic mass is 16.5. The van der Waals surface area contributed by atoms with E-state index in [4.69, 9.17) is 4.74 Å². The number of hydrogen-bond donors (Lipinski definition) is 1. The predicted octanol–water partition coefficient (Wildman–Crippen LogP) is 2.36. The first-order chi connectivity index (χ1) is 6.35. The molecular formula is C11H23NO. The maximum Gasteiger partial charge on any atom is 0.0699 e. The van der Waals surface area contributed by atoms with Crippen molar-refractivity contribution in [1.29, 1.82) is 0 Å². The van der Waals surface area contributed by atoms with Crippen molar-refractivity contribution in [2.24, 2.45) is 0 Å². The second kappa shape index (κ2) is 9.75. The van der Waals surface area contributed by atoms with Gasteiger partial charge in [-0.2, -0.15) is 0 Å². The SMILES string of the molecule is C=CCCOC(CCC)CNCC. The fraction of sp³-hybridized carbons (Fsp3) is 0.818. The normalized spacial score (nSPS) is 12.8. The average Bonchev–Trinajstić information content (AvgIpc) is 2.14. The van der Waals surface area contributed by atoms with Crippen LogP contribution in [0.4, 0.5) is 0 Å².